The van der Waals surface area contributed by atoms with Crippen LogP contribution in [0, 0.1) is 0 Å². The monoisotopic (exact) mass is 229 g/mol. The van der Waals surface area contributed by atoms with E-state index in [4.69, 9.17) is 4.74 Å². The van der Waals surface area contributed by atoms with Crippen molar-refractivity contribution in [1.29, 1.82) is 0 Å². The van der Waals surface area contributed by atoms with E-state index in [-0.39, 0.29) is 21.8 Å². The lowest BCUT2D eigenvalue weighted by molar-refractivity contribution is -0.143. The maximum atomic E-state index is 11.8. The molecule has 15 heavy (non-hydrogen) atoms. The number of hydrogen-bond donors (Lipinski definition) is 0. The Bertz CT molecular complexity index is 286. The van der Waals surface area contributed by atoms with Gasteiger partial charge in [0.05, 0.1) is 9.62 Å². The maximum absolute atomic E-state index is 11.8. The third kappa shape index (κ3) is 2.06. The molecule has 3 nitrogen and oxygen atoms in total. The zero-order valence-electron chi connectivity index (χ0n) is 10.0. The molecule has 86 valence electrons. The molecule has 1 heterocycles. The fourth-order valence-electron chi connectivity index (χ4n) is 2.21. The molecule has 1 unspecified atom stereocenters. The van der Waals surface area contributed by atoms with Crippen LogP contribution in [0.2, 0.25) is 0 Å². The molecule has 0 aromatic carbocycles. The molecule has 0 aliphatic carbocycles. The Morgan fingerprint density at radius 2 is 2.00 bits per heavy atom. The summed E-state index contributed by atoms with van der Waals surface area (Å²) < 4.78 is 5.33. The van der Waals surface area contributed by atoms with E-state index in [0.29, 0.717) is 0 Å². The largest absolute Gasteiger partial charge is 0.360 e. The molecule has 0 bridgehead atoms. The molecule has 0 saturated carbocycles. The Morgan fingerprint density at radius 3 is 2.40 bits per heavy atom. The molecule has 1 atom stereocenters. The third-order valence-corrected chi connectivity index (χ3v) is 3.98. The zero-order valence-corrected chi connectivity index (χ0v) is 10.9. The number of carbonyl (C=O) groups is 1. The lowest BCUT2D eigenvalue weighted by atomic mass is 10.1. The average molecular weight is 229 g/mol. The van der Waals surface area contributed by atoms with Gasteiger partial charge in [0, 0.05) is 7.11 Å². The van der Waals surface area contributed by atoms with E-state index < -0.39 is 0 Å². The summed E-state index contributed by atoms with van der Waals surface area (Å²) in [5, 5.41) is 0. The lowest BCUT2D eigenvalue weighted by Crippen LogP contribution is -2.49. The van der Waals surface area contributed by atoms with Crippen LogP contribution in [0.1, 0.15) is 27.7 Å². The molecule has 0 aromatic heterocycles. The Kier molecular flexibility index (Phi) is 3.22. The van der Waals surface area contributed by atoms with Gasteiger partial charge in [-0.25, -0.2) is 0 Å². The molecule has 1 saturated heterocycles. The van der Waals surface area contributed by atoms with Crippen LogP contribution in [0.3, 0.4) is 0 Å². The summed E-state index contributed by atoms with van der Waals surface area (Å²) in [5.74, 6) is -0.0788. The molecule has 4 heteroatoms. The number of thioether (sulfide) groups is 1. The van der Waals surface area contributed by atoms with Crippen molar-refractivity contribution in [2.24, 2.45) is 0 Å². The SMILES string of the molecule is C=CC(=O)N1C(OC)C(C)(C)SC1(C)C. The normalized spacial score (nSPS) is 27.8. The first-order valence-corrected chi connectivity index (χ1v) is 5.76. The molecule has 1 aliphatic rings. The quantitative estimate of drug-likeness (QED) is 0.680. The molecule has 0 N–H and O–H groups in total. The number of carbonyl (C=O) groups excluding carboxylic acids is 1. The van der Waals surface area contributed by atoms with Gasteiger partial charge in [-0.05, 0) is 33.8 Å². The van der Waals surface area contributed by atoms with Crippen molar-refractivity contribution in [1.82, 2.24) is 4.90 Å². The van der Waals surface area contributed by atoms with Crippen LogP contribution >= 0.6 is 11.8 Å². The second-order valence-electron chi connectivity index (χ2n) is 4.65. The molecular weight excluding hydrogens is 210 g/mol. The Balaban J connectivity index is 3.10. The smallest absolute Gasteiger partial charge is 0.249 e. The third-order valence-electron chi connectivity index (χ3n) is 2.56. The highest BCUT2D eigenvalue weighted by molar-refractivity contribution is 8.02. The van der Waals surface area contributed by atoms with Crippen molar-refractivity contribution in [3.8, 4) is 0 Å². The van der Waals surface area contributed by atoms with Crippen molar-refractivity contribution in [3.05, 3.63) is 12.7 Å². The van der Waals surface area contributed by atoms with E-state index in [1.807, 2.05) is 13.8 Å². The Labute approximate surface area is 95.9 Å². The number of nitrogens with zero attached hydrogens (tertiary/aromatic N) is 1. The maximum Gasteiger partial charge on any atom is 0.249 e. The first-order chi connectivity index (χ1) is 6.76. The summed E-state index contributed by atoms with van der Waals surface area (Å²) >= 11 is 1.74. The second kappa shape index (κ2) is 3.83. The summed E-state index contributed by atoms with van der Waals surface area (Å²) in [4.78, 5) is 13.3. The summed E-state index contributed by atoms with van der Waals surface area (Å²) in [7, 11) is 1.64. The fourth-order valence-corrected chi connectivity index (χ4v) is 4.08. The minimum Gasteiger partial charge on any atom is -0.360 e. The number of rotatable bonds is 2. The average Bonchev–Trinajstić information content (AvgIpc) is 2.28. The Hall–Kier alpha value is -0.480. The fraction of sp³-hybridized carbons (Fsp3) is 0.727. The van der Waals surface area contributed by atoms with Gasteiger partial charge in [-0.1, -0.05) is 6.58 Å². The number of methoxy groups -OCH3 is 1. The van der Waals surface area contributed by atoms with Gasteiger partial charge in [0.2, 0.25) is 5.91 Å². The topological polar surface area (TPSA) is 29.5 Å². The van der Waals surface area contributed by atoms with E-state index in [1.54, 1.807) is 23.8 Å². The number of amides is 1. The highest BCUT2D eigenvalue weighted by Gasteiger charge is 2.53. The van der Waals surface area contributed by atoms with Crippen LogP contribution in [0.25, 0.3) is 0 Å². The standard InChI is InChI=1S/C11H19NO2S/c1-7-8(13)12-9(14-6)10(2,3)15-11(12,4)5/h7,9H,1H2,2-6H3. The van der Waals surface area contributed by atoms with Gasteiger partial charge in [-0.15, -0.1) is 11.8 Å². The van der Waals surface area contributed by atoms with E-state index in [2.05, 4.69) is 20.4 Å². The number of hydrogen-bond acceptors (Lipinski definition) is 3. The van der Waals surface area contributed by atoms with Gasteiger partial charge >= 0.3 is 0 Å². The van der Waals surface area contributed by atoms with Crippen LogP contribution < -0.4 is 0 Å². The summed E-state index contributed by atoms with van der Waals surface area (Å²) in [6.07, 6.45) is 1.14. The Morgan fingerprint density at radius 1 is 1.47 bits per heavy atom. The summed E-state index contributed by atoms with van der Waals surface area (Å²) in [6.45, 7) is 11.8. The van der Waals surface area contributed by atoms with Crippen molar-refractivity contribution < 1.29 is 9.53 Å². The lowest BCUT2D eigenvalue weighted by Gasteiger charge is -2.33. The summed E-state index contributed by atoms with van der Waals surface area (Å²) in [5.41, 5.74) is 0. The molecule has 1 amide bonds. The predicted octanol–water partition coefficient (Wildman–Crippen LogP) is 2.24. The molecule has 1 aliphatic heterocycles. The van der Waals surface area contributed by atoms with Gasteiger partial charge < -0.3 is 4.74 Å². The zero-order chi connectivity index (χ0) is 11.9. The predicted molar refractivity (Wildman–Crippen MR) is 63.6 cm³/mol. The van der Waals surface area contributed by atoms with Gasteiger partial charge in [0.25, 0.3) is 0 Å². The van der Waals surface area contributed by atoms with Crippen LogP contribution in [0.4, 0.5) is 0 Å². The van der Waals surface area contributed by atoms with E-state index >= 15 is 0 Å². The molecule has 0 radical (unpaired) electrons. The number of ether oxygens (including phenoxy) is 1. The molecule has 0 spiro atoms. The van der Waals surface area contributed by atoms with Crippen LogP contribution in [0.15, 0.2) is 12.7 Å². The molecular formula is C11H19NO2S. The van der Waals surface area contributed by atoms with Crippen LogP contribution in [0.5, 0.6) is 0 Å². The van der Waals surface area contributed by atoms with Gasteiger partial charge in [-0.2, -0.15) is 0 Å². The van der Waals surface area contributed by atoms with Gasteiger partial charge in [-0.3, -0.25) is 9.69 Å². The van der Waals surface area contributed by atoms with Crippen LogP contribution in [-0.4, -0.2) is 33.8 Å². The van der Waals surface area contributed by atoms with Crippen molar-refractivity contribution in [2.45, 2.75) is 43.5 Å². The molecule has 1 fully saturated rings. The van der Waals surface area contributed by atoms with E-state index in [0.717, 1.165) is 0 Å². The van der Waals surface area contributed by atoms with E-state index in [1.165, 1.54) is 6.08 Å². The molecule has 0 aromatic rings. The first-order valence-electron chi connectivity index (χ1n) is 4.95. The minimum atomic E-state index is -0.255. The van der Waals surface area contributed by atoms with Crippen molar-refractivity contribution >= 4 is 17.7 Å². The van der Waals surface area contributed by atoms with Crippen LogP contribution in [-0.2, 0) is 9.53 Å². The first kappa shape index (κ1) is 12.6. The minimum absolute atomic E-state index is 0.0788. The van der Waals surface area contributed by atoms with E-state index in [9.17, 15) is 4.79 Å². The van der Waals surface area contributed by atoms with Gasteiger partial charge in [0.15, 0.2) is 0 Å². The highest BCUT2D eigenvalue weighted by atomic mass is 32.2. The van der Waals surface area contributed by atoms with Gasteiger partial charge in [0.1, 0.15) is 6.23 Å². The van der Waals surface area contributed by atoms with Crippen molar-refractivity contribution in [2.75, 3.05) is 7.11 Å². The summed E-state index contributed by atoms with van der Waals surface area (Å²) in [6, 6.07) is 0. The van der Waals surface area contributed by atoms with Crippen molar-refractivity contribution in [3.63, 3.8) is 0 Å². The highest BCUT2D eigenvalue weighted by Crippen LogP contribution is 2.50. The second-order valence-corrected chi connectivity index (χ2v) is 6.91. The molecule has 1 rings (SSSR count).